The molecule has 2 N–H and O–H groups in total. The molecule has 1 fully saturated rings. The van der Waals surface area contributed by atoms with E-state index in [-0.39, 0.29) is 11.0 Å². The van der Waals surface area contributed by atoms with E-state index in [1.165, 1.54) is 11.1 Å². The van der Waals surface area contributed by atoms with Gasteiger partial charge in [-0.15, -0.1) is 0 Å². The van der Waals surface area contributed by atoms with Crippen LogP contribution in [-0.2, 0) is 11.8 Å². The smallest absolute Gasteiger partial charge is 0.280 e. The SMILES string of the molecule is CC(C)(C)c1ccc(C[C@H]2C[C@@H](c3cc(=O)[nH]o3)CCN2)cc1. The molecule has 2 aromatic rings. The lowest BCUT2D eigenvalue weighted by Crippen LogP contribution is -2.38. The summed E-state index contributed by atoms with van der Waals surface area (Å²) in [5.41, 5.74) is 2.77. The van der Waals surface area contributed by atoms with E-state index in [1.807, 2.05) is 0 Å². The lowest BCUT2D eigenvalue weighted by atomic mass is 9.85. The molecule has 1 aromatic carbocycles. The molecule has 1 aliphatic rings. The van der Waals surface area contributed by atoms with Gasteiger partial charge >= 0.3 is 0 Å². The zero-order chi connectivity index (χ0) is 16.4. The van der Waals surface area contributed by atoms with Crippen LogP contribution in [0.3, 0.4) is 0 Å². The fraction of sp³-hybridized carbons (Fsp3) is 0.526. The molecule has 1 aromatic heterocycles. The Morgan fingerprint density at radius 1 is 1.22 bits per heavy atom. The molecular weight excluding hydrogens is 288 g/mol. The predicted octanol–water partition coefficient (Wildman–Crippen LogP) is 3.34. The van der Waals surface area contributed by atoms with E-state index in [9.17, 15) is 4.79 Å². The maximum atomic E-state index is 11.3. The van der Waals surface area contributed by atoms with Gasteiger partial charge in [-0.1, -0.05) is 45.0 Å². The lowest BCUT2D eigenvalue weighted by Gasteiger charge is -2.29. The number of benzene rings is 1. The quantitative estimate of drug-likeness (QED) is 0.913. The molecule has 0 unspecified atom stereocenters. The Morgan fingerprint density at radius 3 is 2.57 bits per heavy atom. The molecule has 23 heavy (non-hydrogen) atoms. The van der Waals surface area contributed by atoms with Gasteiger partial charge in [-0.25, -0.2) is 0 Å². The molecule has 0 saturated carbocycles. The summed E-state index contributed by atoms with van der Waals surface area (Å²) in [5, 5.41) is 5.99. The van der Waals surface area contributed by atoms with E-state index in [0.717, 1.165) is 31.6 Å². The van der Waals surface area contributed by atoms with Crippen molar-refractivity contribution >= 4 is 0 Å². The normalized spacial score (nSPS) is 22.2. The Morgan fingerprint density at radius 2 is 1.96 bits per heavy atom. The van der Waals surface area contributed by atoms with Gasteiger partial charge in [0, 0.05) is 18.0 Å². The summed E-state index contributed by atoms with van der Waals surface area (Å²) in [5.74, 6) is 1.12. The lowest BCUT2D eigenvalue weighted by molar-refractivity contribution is 0.292. The van der Waals surface area contributed by atoms with Crippen LogP contribution in [0, 0.1) is 0 Å². The highest BCUT2D eigenvalue weighted by atomic mass is 16.5. The Kier molecular flexibility index (Phi) is 4.44. The number of hydrogen-bond acceptors (Lipinski definition) is 3. The Bertz CT molecular complexity index is 691. The third-order valence-corrected chi connectivity index (χ3v) is 4.74. The van der Waals surface area contributed by atoms with Crippen LogP contribution >= 0.6 is 0 Å². The van der Waals surface area contributed by atoms with E-state index in [4.69, 9.17) is 4.52 Å². The van der Waals surface area contributed by atoms with Crippen molar-refractivity contribution in [3.05, 3.63) is 57.6 Å². The summed E-state index contributed by atoms with van der Waals surface area (Å²) in [4.78, 5) is 11.3. The number of hydrogen-bond donors (Lipinski definition) is 2. The molecule has 3 rings (SSSR count). The van der Waals surface area contributed by atoms with Crippen molar-refractivity contribution in [3.8, 4) is 0 Å². The standard InChI is InChI=1S/C19H26N2O2/c1-19(2,3)15-6-4-13(5-7-15)10-16-11-14(8-9-20-16)17-12-18(22)21-23-17/h4-7,12,14,16,20H,8-11H2,1-3H3,(H,21,22)/t14-,16-/m0/s1. The highest BCUT2D eigenvalue weighted by Crippen LogP contribution is 2.28. The average Bonchev–Trinajstić information content (AvgIpc) is 2.94. The first-order valence-electron chi connectivity index (χ1n) is 8.43. The highest BCUT2D eigenvalue weighted by Gasteiger charge is 2.25. The zero-order valence-corrected chi connectivity index (χ0v) is 14.2. The summed E-state index contributed by atoms with van der Waals surface area (Å²) in [7, 11) is 0. The molecule has 0 bridgehead atoms. The Labute approximate surface area is 137 Å². The van der Waals surface area contributed by atoms with E-state index in [0.29, 0.717) is 12.0 Å². The molecule has 0 aliphatic carbocycles. The van der Waals surface area contributed by atoms with Crippen molar-refractivity contribution in [1.82, 2.24) is 10.5 Å². The van der Waals surface area contributed by atoms with Gasteiger partial charge < -0.3 is 9.84 Å². The fourth-order valence-corrected chi connectivity index (χ4v) is 3.34. The first kappa shape index (κ1) is 16.1. The molecule has 4 nitrogen and oxygen atoms in total. The van der Waals surface area contributed by atoms with Crippen molar-refractivity contribution in [2.75, 3.05) is 6.54 Å². The molecule has 0 radical (unpaired) electrons. The second-order valence-corrected chi connectivity index (χ2v) is 7.64. The Hall–Kier alpha value is -1.81. The highest BCUT2D eigenvalue weighted by molar-refractivity contribution is 5.28. The van der Waals surface area contributed by atoms with Crippen molar-refractivity contribution < 1.29 is 4.52 Å². The van der Waals surface area contributed by atoms with Crippen LogP contribution in [0.2, 0.25) is 0 Å². The number of rotatable bonds is 3. The number of aromatic amines is 1. The van der Waals surface area contributed by atoms with Crippen molar-refractivity contribution in [3.63, 3.8) is 0 Å². The van der Waals surface area contributed by atoms with E-state index in [2.05, 4.69) is 55.5 Å². The predicted molar refractivity (Wildman–Crippen MR) is 91.9 cm³/mol. The maximum Gasteiger partial charge on any atom is 0.280 e. The third-order valence-electron chi connectivity index (χ3n) is 4.74. The van der Waals surface area contributed by atoms with Crippen LogP contribution in [0.5, 0.6) is 0 Å². The van der Waals surface area contributed by atoms with Gasteiger partial charge in [0.1, 0.15) is 5.76 Å². The van der Waals surface area contributed by atoms with Gasteiger partial charge in [0.2, 0.25) is 0 Å². The summed E-state index contributed by atoms with van der Waals surface area (Å²) < 4.78 is 5.29. The average molecular weight is 314 g/mol. The van der Waals surface area contributed by atoms with Crippen LogP contribution < -0.4 is 10.9 Å². The molecule has 1 saturated heterocycles. The zero-order valence-electron chi connectivity index (χ0n) is 14.2. The number of aromatic nitrogens is 1. The number of nitrogens with one attached hydrogen (secondary N) is 2. The van der Waals surface area contributed by atoms with Gasteiger partial charge in [0.15, 0.2) is 0 Å². The molecule has 4 heteroatoms. The van der Waals surface area contributed by atoms with E-state index >= 15 is 0 Å². The first-order valence-corrected chi connectivity index (χ1v) is 8.43. The molecular formula is C19H26N2O2. The van der Waals surface area contributed by atoms with E-state index in [1.54, 1.807) is 6.07 Å². The molecule has 2 heterocycles. The summed E-state index contributed by atoms with van der Waals surface area (Å²) >= 11 is 0. The molecule has 1 aliphatic heterocycles. The van der Waals surface area contributed by atoms with Crippen molar-refractivity contribution in [2.24, 2.45) is 0 Å². The number of piperidine rings is 1. The van der Waals surface area contributed by atoms with Crippen LogP contribution in [0.25, 0.3) is 0 Å². The van der Waals surface area contributed by atoms with Crippen LogP contribution in [0.1, 0.15) is 56.4 Å². The van der Waals surface area contributed by atoms with E-state index < -0.39 is 0 Å². The topological polar surface area (TPSA) is 58.0 Å². The second kappa shape index (κ2) is 6.36. The van der Waals surface area contributed by atoms with Gasteiger partial charge in [-0.3, -0.25) is 4.79 Å². The molecule has 124 valence electrons. The molecule has 0 spiro atoms. The molecule has 2 atom stereocenters. The summed E-state index contributed by atoms with van der Waals surface area (Å²) in [6.07, 6.45) is 3.03. The maximum absolute atomic E-state index is 11.3. The largest absolute Gasteiger partial charge is 0.383 e. The molecule has 0 amide bonds. The third kappa shape index (κ3) is 3.94. The first-order chi connectivity index (χ1) is 10.9. The van der Waals surface area contributed by atoms with Gasteiger partial charge in [-0.2, -0.15) is 5.16 Å². The van der Waals surface area contributed by atoms with Gasteiger partial charge in [0.25, 0.3) is 5.56 Å². The second-order valence-electron chi connectivity index (χ2n) is 7.64. The minimum atomic E-state index is -0.146. The number of H-pyrrole nitrogens is 1. The van der Waals surface area contributed by atoms with Gasteiger partial charge in [-0.05, 0) is 42.3 Å². The van der Waals surface area contributed by atoms with Crippen molar-refractivity contribution in [2.45, 2.75) is 57.4 Å². The monoisotopic (exact) mass is 314 g/mol. The summed E-state index contributed by atoms with van der Waals surface area (Å²) in [6.45, 7) is 7.67. The van der Waals surface area contributed by atoms with Crippen molar-refractivity contribution in [1.29, 1.82) is 0 Å². The minimum absolute atomic E-state index is 0.146. The van der Waals surface area contributed by atoms with Gasteiger partial charge in [0.05, 0.1) is 0 Å². The van der Waals surface area contributed by atoms with Crippen LogP contribution in [-0.4, -0.2) is 17.7 Å². The summed E-state index contributed by atoms with van der Waals surface area (Å²) in [6, 6.07) is 11.0. The fourth-order valence-electron chi connectivity index (χ4n) is 3.34. The van der Waals surface area contributed by atoms with Crippen LogP contribution in [0.15, 0.2) is 39.6 Å². The van der Waals surface area contributed by atoms with Crippen LogP contribution in [0.4, 0.5) is 0 Å². The minimum Gasteiger partial charge on any atom is -0.383 e. The Balaban J connectivity index is 1.64.